The number of nitrogens with one attached hydrogen (secondary N) is 2. The summed E-state index contributed by atoms with van der Waals surface area (Å²) in [7, 11) is 1.93. The molecule has 4 aromatic rings. The van der Waals surface area contributed by atoms with Crippen molar-refractivity contribution in [1.29, 1.82) is 0 Å². The maximum atomic E-state index is 15.0. The molecule has 0 fully saturated rings. The van der Waals surface area contributed by atoms with Gasteiger partial charge in [0, 0.05) is 49.7 Å². The molecular formula is C30H32FN5O6S. The number of amides is 1. The largest absolute Gasteiger partial charge is 0.452 e. The molecule has 0 radical (unpaired) electrons. The average molecular weight is 610 g/mol. The maximum absolute atomic E-state index is 15.0. The first-order valence-electron chi connectivity index (χ1n) is 12.7. The number of aromatic nitrogens is 2. The molecule has 43 heavy (non-hydrogen) atoms. The normalized spacial score (nSPS) is 11.8. The molecule has 0 saturated carbocycles. The van der Waals surface area contributed by atoms with Crippen LogP contribution in [0.25, 0.3) is 10.9 Å². The zero-order valence-electron chi connectivity index (χ0n) is 24.2. The van der Waals surface area contributed by atoms with Crippen LogP contribution in [0.15, 0.2) is 90.3 Å². The van der Waals surface area contributed by atoms with Crippen LogP contribution in [0.2, 0.25) is 0 Å². The fourth-order valence-corrected chi connectivity index (χ4v) is 3.72. The van der Waals surface area contributed by atoms with Gasteiger partial charge in [-0.05, 0) is 55.5 Å². The second-order valence-electron chi connectivity index (χ2n) is 9.55. The maximum Gasteiger partial charge on any atom is 0.261 e. The van der Waals surface area contributed by atoms with Gasteiger partial charge in [0.05, 0.1) is 29.2 Å². The van der Waals surface area contributed by atoms with E-state index >= 15 is 0 Å². The fourth-order valence-electron chi connectivity index (χ4n) is 3.72. The lowest BCUT2D eigenvalue weighted by Gasteiger charge is -2.19. The molecule has 11 nitrogen and oxygen atoms in total. The van der Waals surface area contributed by atoms with E-state index in [1.165, 1.54) is 18.2 Å². The standard InChI is InChI=1S/C29H28FN5O3.CH4O3S/c1-19(35(4)23-8-6-5-7-9-23)10-11-20(18-36)29(37)32-22-12-13-27(24(30)15-22)38-28-14-21-17-31-33-25(21)16-26(28)34(2)3;1-5(2,3)4/h5-18H,1-4H3,(H,31,33)(H,32,37);1H3,(H,2,3,4)/b19-10-,20-11+;. The monoisotopic (exact) mass is 609 g/mol. The first kappa shape index (κ1) is 32.5. The molecule has 13 heteroatoms. The molecule has 3 aromatic carbocycles. The Bertz CT molecular complexity index is 1760. The first-order chi connectivity index (χ1) is 20.3. The van der Waals surface area contributed by atoms with Crippen molar-refractivity contribution in [3.05, 3.63) is 96.1 Å². The molecule has 1 aromatic heterocycles. The van der Waals surface area contributed by atoms with Gasteiger partial charge in [-0.2, -0.15) is 13.5 Å². The highest BCUT2D eigenvalue weighted by molar-refractivity contribution is 7.85. The van der Waals surface area contributed by atoms with E-state index in [-0.39, 0.29) is 17.0 Å². The SMILES string of the molecule is C/C(=C/C=C(\C=O)C(=O)Nc1ccc(Oc2cc3cn[nH]c3cc2N(C)C)c(F)c1)N(C)c1ccccc1.CS(=O)(=O)O. The van der Waals surface area contributed by atoms with Gasteiger partial charge in [0.25, 0.3) is 16.0 Å². The van der Waals surface area contributed by atoms with E-state index in [1.54, 1.807) is 18.3 Å². The van der Waals surface area contributed by atoms with Crippen LogP contribution in [-0.4, -0.2) is 62.8 Å². The molecule has 0 aliphatic carbocycles. The zero-order valence-corrected chi connectivity index (χ0v) is 25.0. The Hall–Kier alpha value is -5.01. The van der Waals surface area contributed by atoms with Crippen molar-refractivity contribution in [2.24, 2.45) is 0 Å². The van der Waals surface area contributed by atoms with E-state index < -0.39 is 21.8 Å². The minimum Gasteiger partial charge on any atom is -0.452 e. The molecule has 0 atom stereocenters. The topological polar surface area (TPSA) is 145 Å². The summed E-state index contributed by atoms with van der Waals surface area (Å²) >= 11 is 0. The molecular weight excluding hydrogens is 577 g/mol. The lowest BCUT2D eigenvalue weighted by atomic mass is 10.2. The number of allylic oxidation sites excluding steroid dienone is 3. The minimum absolute atomic E-state index is 0.0115. The van der Waals surface area contributed by atoms with Gasteiger partial charge in [0.2, 0.25) is 0 Å². The zero-order chi connectivity index (χ0) is 31.7. The molecule has 226 valence electrons. The van der Waals surface area contributed by atoms with Crippen LogP contribution >= 0.6 is 0 Å². The van der Waals surface area contributed by atoms with Crippen molar-refractivity contribution in [2.45, 2.75) is 6.92 Å². The van der Waals surface area contributed by atoms with Gasteiger partial charge in [-0.3, -0.25) is 19.2 Å². The van der Waals surface area contributed by atoms with Crippen molar-refractivity contribution in [2.75, 3.05) is 42.5 Å². The van der Waals surface area contributed by atoms with E-state index in [9.17, 15) is 22.4 Å². The number of aromatic amines is 1. The third-order valence-corrected chi connectivity index (χ3v) is 5.98. The fraction of sp³-hybridized carbons (Fsp3) is 0.167. The van der Waals surface area contributed by atoms with Gasteiger partial charge in [-0.15, -0.1) is 0 Å². The molecule has 0 spiro atoms. The van der Waals surface area contributed by atoms with E-state index in [0.717, 1.165) is 34.0 Å². The van der Waals surface area contributed by atoms with E-state index in [0.29, 0.717) is 18.3 Å². The number of ether oxygens (including phenoxy) is 1. The summed E-state index contributed by atoms with van der Waals surface area (Å²) in [6.45, 7) is 1.87. The number of para-hydroxylation sites is 1. The number of nitrogens with zero attached hydrogens (tertiary/aromatic N) is 3. The molecule has 0 unspecified atom stereocenters. The van der Waals surface area contributed by atoms with Crippen LogP contribution in [-0.2, 0) is 19.7 Å². The van der Waals surface area contributed by atoms with Crippen LogP contribution < -0.4 is 19.9 Å². The molecule has 3 N–H and O–H groups in total. The highest BCUT2D eigenvalue weighted by Gasteiger charge is 2.15. The molecule has 1 amide bonds. The van der Waals surface area contributed by atoms with Crippen LogP contribution in [0, 0.1) is 5.82 Å². The number of aldehydes is 1. The van der Waals surface area contributed by atoms with Crippen molar-refractivity contribution >= 4 is 50.3 Å². The third kappa shape index (κ3) is 9.51. The highest BCUT2D eigenvalue weighted by atomic mass is 32.2. The Labute approximate surface area is 249 Å². The molecule has 0 aliphatic heterocycles. The second-order valence-corrected chi connectivity index (χ2v) is 11.0. The van der Waals surface area contributed by atoms with Crippen LogP contribution in [0.5, 0.6) is 11.5 Å². The molecule has 0 aliphatic rings. The molecule has 1 heterocycles. The van der Waals surface area contributed by atoms with Gasteiger partial charge in [-0.25, -0.2) is 4.39 Å². The van der Waals surface area contributed by atoms with Gasteiger partial charge < -0.3 is 19.9 Å². The number of hydrogen-bond donors (Lipinski definition) is 3. The minimum atomic E-state index is -3.67. The Morgan fingerprint density at radius 2 is 1.72 bits per heavy atom. The van der Waals surface area contributed by atoms with Crippen LogP contribution in [0.3, 0.4) is 0 Å². The summed E-state index contributed by atoms with van der Waals surface area (Å²) in [5, 5.41) is 10.3. The van der Waals surface area contributed by atoms with E-state index in [1.807, 2.05) is 74.3 Å². The summed E-state index contributed by atoms with van der Waals surface area (Å²) in [5.41, 5.74) is 3.44. The van der Waals surface area contributed by atoms with Gasteiger partial charge >= 0.3 is 0 Å². The summed E-state index contributed by atoms with van der Waals surface area (Å²) in [4.78, 5) is 28.1. The number of carbonyl (C=O) groups excluding carboxylic acids is 2. The Morgan fingerprint density at radius 3 is 2.33 bits per heavy atom. The predicted octanol–water partition coefficient (Wildman–Crippen LogP) is 5.17. The lowest BCUT2D eigenvalue weighted by molar-refractivity contribution is -0.115. The van der Waals surface area contributed by atoms with Gasteiger partial charge in [0.1, 0.15) is 0 Å². The number of anilines is 3. The van der Waals surface area contributed by atoms with Crippen molar-refractivity contribution in [1.82, 2.24) is 10.2 Å². The Morgan fingerprint density at radius 1 is 1.05 bits per heavy atom. The number of halogens is 1. The number of H-pyrrole nitrogens is 1. The summed E-state index contributed by atoms with van der Waals surface area (Å²) < 4.78 is 46.7. The third-order valence-electron chi connectivity index (χ3n) is 5.98. The van der Waals surface area contributed by atoms with Crippen molar-refractivity contribution in [3.63, 3.8) is 0 Å². The van der Waals surface area contributed by atoms with Gasteiger partial charge in [-0.1, -0.05) is 18.2 Å². The predicted molar refractivity (Wildman–Crippen MR) is 166 cm³/mol. The average Bonchev–Trinajstić information content (AvgIpc) is 3.41. The summed E-state index contributed by atoms with van der Waals surface area (Å²) in [5.74, 6) is -0.882. The molecule has 0 bridgehead atoms. The number of carbonyl (C=O) groups is 2. The van der Waals surface area contributed by atoms with E-state index in [4.69, 9.17) is 9.29 Å². The summed E-state index contributed by atoms with van der Waals surface area (Å²) in [6, 6.07) is 17.4. The summed E-state index contributed by atoms with van der Waals surface area (Å²) in [6.07, 6.45) is 5.94. The van der Waals surface area contributed by atoms with Gasteiger partial charge in [0.15, 0.2) is 23.6 Å². The van der Waals surface area contributed by atoms with Crippen molar-refractivity contribution in [3.8, 4) is 11.5 Å². The van der Waals surface area contributed by atoms with Crippen LogP contribution in [0.4, 0.5) is 21.5 Å². The Balaban J connectivity index is 0.000000934. The quantitative estimate of drug-likeness (QED) is 0.0585. The lowest BCUT2D eigenvalue weighted by Crippen LogP contribution is -2.16. The van der Waals surface area contributed by atoms with Crippen molar-refractivity contribution < 1.29 is 31.7 Å². The number of fused-ring (bicyclic) bond motifs is 1. The molecule has 4 rings (SSSR count). The molecule has 0 saturated heterocycles. The first-order valence-corrected chi connectivity index (χ1v) is 14.6. The number of benzene rings is 3. The Kier molecular flexibility index (Phi) is 10.8. The smallest absolute Gasteiger partial charge is 0.261 e. The number of rotatable bonds is 9. The highest BCUT2D eigenvalue weighted by Crippen LogP contribution is 2.36. The second kappa shape index (κ2) is 14.2. The number of hydrogen-bond acceptors (Lipinski definition) is 8. The van der Waals surface area contributed by atoms with E-state index in [2.05, 4.69) is 15.5 Å². The van der Waals surface area contributed by atoms with Crippen LogP contribution in [0.1, 0.15) is 6.92 Å².